The largest absolute Gasteiger partial charge is 0.508 e. The average molecular weight is 368 g/mol. The average Bonchev–Trinajstić information content (AvgIpc) is 2.45. The molecule has 0 heterocycles. The first-order chi connectivity index (χ1) is 11.3. The number of methoxy groups -OCH3 is 1. The van der Waals surface area contributed by atoms with Crippen LogP contribution in [0.15, 0.2) is 36.4 Å². The summed E-state index contributed by atoms with van der Waals surface area (Å²) in [4.78, 5) is 10.3. The van der Waals surface area contributed by atoms with Gasteiger partial charge in [-0.2, -0.15) is 5.26 Å². The van der Waals surface area contributed by atoms with Crippen molar-refractivity contribution in [1.29, 1.82) is 5.26 Å². The van der Waals surface area contributed by atoms with Gasteiger partial charge in [0.1, 0.15) is 11.5 Å². The molecule has 0 saturated heterocycles. The summed E-state index contributed by atoms with van der Waals surface area (Å²) < 4.78 is 4.99. The SMILES string of the molecule is COc1cc(Cl)cc(CC#N)c1.O=C(O)Cc1cc(O)cc(Cl)c1. The number of nitriles is 1. The highest BCUT2D eigenvalue weighted by atomic mass is 35.5. The molecule has 0 unspecified atom stereocenters. The third-order valence-corrected chi connectivity index (χ3v) is 3.18. The molecule has 0 atom stereocenters. The van der Waals surface area contributed by atoms with Gasteiger partial charge in [0.15, 0.2) is 0 Å². The third kappa shape index (κ3) is 7.23. The van der Waals surface area contributed by atoms with Gasteiger partial charge in [-0.1, -0.05) is 23.2 Å². The van der Waals surface area contributed by atoms with Crippen LogP contribution in [0.5, 0.6) is 11.5 Å². The Morgan fingerprint density at radius 3 is 2.29 bits per heavy atom. The van der Waals surface area contributed by atoms with Gasteiger partial charge in [0, 0.05) is 10.0 Å². The summed E-state index contributed by atoms with van der Waals surface area (Å²) in [7, 11) is 1.57. The zero-order valence-electron chi connectivity index (χ0n) is 12.8. The molecule has 2 N–H and O–H groups in total. The van der Waals surface area contributed by atoms with Crippen molar-refractivity contribution in [3.8, 4) is 17.6 Å². The van der Waals surface area contributed by atoms with Crippen molar-refractivity contribution in [2.24, 2.45) is 0 Å². The highest BCUT2D eigenvalue weighted by Crippen LogP contribution is 2.21. The molecule has 24 heavy (non-hydrogen) atoms. The number of phenols is 1. The maximum Gasteiger partial charge on any atom is 0.307 e. The van der Waals surface area contributed by atoms with Crippen molar-refractivity contribution in [1.82, 2.24) is 0 Å². The molecular formula is C17H15Cl2NO4. The van der Waals surface area contributed by atoms with E-state index in [-0.39, 0.29) is 12.2 Å². The van der Waals surface area contributed by atoms with E-state index in [9.17, 15) is 4.79 Å². The van der Waals surface area contributed by atoms with Crippen molar-refractivity contribution < 1.29 is 19.7 Å². The Morgan fingerprint density at radius 1 is 1.12 bits per heavy atom. The summed E-state index contributed by atoms with van der Waals surface area (Å²) in [5, 5.41) is 26.8. The number of carboxylic acids is 1. The van der Waals surface area contributed by atoms with Crippen LogP contribution >= 0.6 is 23.2 Å². The van der Waals surface area contributed by atoms with Crippen LogP contribution in [-0.2, 0) is 17.6 Å². The summed E-state index contributed by atoms with van der Waals surface area (Å²) in [5.74, 6) is -0.275. The summed E-state index contributed by atoms with van der Waals surface area (Å²) >= 11 is 11.4. The molecule has 0 radical (unpaired) electrons. The van der Waals surface area contributed by atoms with Gasteiger partial charge in [-0.15, -0.1) is 0 Å². The minimum absolute atomic E-state index is 0.0150. The molecule has 0 fully saturated rings. The van der Waals surface area contributed by atoms with E-state index in [4.69, 9.17) is 43.4 Å². The minimum Gasteiger partial charge on any atom is -0.508 e. The fourth-order valence-electron chi connectivity index (χ4n) is 1.84. The number of rotatable bonds is 4. The normalized spacial score (nSPS) is 9.42. The number of nitrogens with zero attached hydrogens (tertiary/aromatic N) is 1. The molecule has 0 aliphatic heterocycles. The van der Waals surface area contributed by atoms with E-state index < -0.39 is 5.97 Å². The van der Waals surface area contributed by atoms with Crippen LogP contribution in [0.3, 0.4) is 0 Å². The molecule has 0 aliphatic carbocycles. The van der Waals surface area contributed by atoms with E-state index >= 15 is 0 Å². The molecule has 5 nitrogen and oxygen atoms in total. The van der Waals surface area contributed by atoms with Gasteiger partial charge in [-0.05, 0) is 47.5 Å². The molecule has 2 aromatic rings. The van der Waals surface area contributed by atoms with Gasteiger partial charge < -0.3 is 14.9 Å². The van der Waals surface area contributed by atoms with Crippen LogP contribution in [0, 0.1) is 11.3 Å². The monoisotopic (exact) mass is 367 g/mol. The molecule has 7 heteroatoms. The van der Waals surface area contributed by atoms with Crippen molar-refractivity contribution in [3.05, 3.63) is 57.6 Å². The first-order valence-electron chi connectivity index (χ1n) is 6.74. The smallest absolute Gasteiger partial charge is 0.307 e. The van der Waals surface area contributed by atoms with Crippen LogP contribution < -0.4 is 4.74 Å². The number of benzene rings is 2. The molecule has 2 aromatic carbocycles. The Hall–Kier alpha value is -2.42. The number of hydrogen-bond acceptors (Lipinski definition) is 4. The standard InChI is InChI=1S/C9H8ClNO.C8H7ClO3/c1-12-9-5-7(2-3-11)4-8(10)6-9;9-6-1-5(3-8(11)12)2-7(10)4-6/h4-6H,2H2,1H3;1-2,4,10H,3H2,(H,11,12). The fourth-order valence-corrected chi connectivity index (χ4v) is 2.34. The van der Waals surface area contributed by atoms with Crippen LogP contribution in [0.2, 0.25) is 10.0 Å². The number of carbonyl (C=O) groups is 1. The fraction of sp³-hybridized carbons (Fsp3) is 0.176. The summed E-state index contributed by atoms with van der Waals surface area (Å²) in [6, 6.07) is 11.6. The van der Waals surface area contributed by atoms with Gasteiger partial charge >= 0.3 is 5.97 Å². The number of ether oxygens (including phenoxy) is 1. The molecule has 0 aromatic heterocycles. The zero-order chi connectivity index (χ0) is 18.1. The van der Waals surface area contributed by atoms with E-state index in [1.54, 1.807) is 25.3 Å². The summed E-state index contributed by atoms with van der Waals surface area (Å²) in [6.07, 6.45) is 0.227. The predicted molar refractivity (Wildman–Crippen MR) is 91.8 cm³/mol. The molecular weight excluding hydrogens is 353 g/mol. The Kier molecular flexibility index (Phi) is 7.90. The van der Waals surface area contributed by atoms with Gasteiger partial charge in [0.2, 0.25) is 0 Å². The maximum atomic E-state index is 10.3. The highest BCUT2D eigenvalue weighted by Gasteiger charge is 2.02. The van der Waals surface area contributed by atoms with Gasteiger partial charge in [-0.25, -0.2) is 0 Å². The van der Waals surface area contributed by atoms with Gasteiger partial charge in [0.05, 0.1) is 26.0 Å². The first kappa shape index (κ1) is 19.6. The summed E-state index contributed by atoms with van der Waals surface area (Å²) in [6.45, 7) is 0. The molecule has 0 amide bonds. The zero-order valence-corrected chi connectivity index (χ0v) is 14.3. The maximum absolute atomic E-state index is 10.3. The van der Waals surface area contributed by atoms with Crippen LogP contribution in [0.4, 0.5) is 0 Å². The Balaban J connectivity index is 0.000000240. The van der Waals surface area contributed by atoms with Crippen molar-refractivity contribution in [3.63, 3.8) is 0 Å². The number of aromatic hydroxyl groups is 1. The lowest BCUT2D eigenvalue weighted by Gasteiger charge is -2.02. The lowest BCUT2D eigenvalue weighted by molar-refractivity contribution is -0.136. The second-order valence-electron chi connectivity index (χ2n) is 4.72. The molecule has 2 rings (SSSR count). The number of aliphatic carboxylic acids is 1. The topological polar surface area (TPSA) is 90.5 Å². The number of phenolic OH excluding ortho intramolecular Hbond substituents is 1. The molecule has 0 saturated carbocycles. The number of carboxylic acid groups (broad SMARTS) is 1. The van der Waals surface area contributed by atoms with Crippen LogP contribution in [-0.4, -0.2) is 23.3 Å². The number of hydrogen-bond donors (Lipinski definition) is 2. The molecule has 126 valence electrons. The molecule has 0 bridgehead atoms. The quantitative estimate of drug-likeness (QED) is 0.848. The van der Waals surface area contributed by atoms with E-state index in [1.165, 1.54) is 18.2 Å². The lowest BCUT2D eigenvalue weighted by Crippen LogP contribution is -1.99. The Morgan fingerprint density at radius 2 is 1.75 bits per heavy atom. The highest BCUT2D eigenvalue weighted by molar-refractivity contribution is 6.31. The second-order valence-corrected chi connectivity index (χ2v) is 5.60. The van der Waals surface area contributed by atoms with E-state index in [0.717, 1.165) is 5.56 Å². The Bertz CT molecular complexity index is 736. The van der Waals surface area contributed by atoms with Crippen molar-refractivity contribution >= 4 is 29.2 Å². The van der Waals surface area contributed by atoms with Crippen molar-refractivity contribution in [2.75, 3.05) is 7.11 Å². The third-order valence-electron chi connectivity index (χ3n) is 2.75. The van der Waals surface area contributed by atoms with Gasteiger partial charge in [-0.3, -0.25) is 4.79 Å². The van der Waals surface area contributed by atoms with Gasteiger partial charge in [0.25, 0.3) is 0 Å². The summed E-state index contributed by atoms with van der Waals surface area (Å²) in [5.41, 5.74) is 1.37. The lowest BCUT2D eigenvalue weighted by atomic mass is 10.1. The molecule has 0 aliphatic rings. The minimum atomic E-state index is -0.948. The van der Waals surface area contributed by atoms with Crippen molar-refractivity contribution in [2.45, 2.75) is 12.8 Å². The predicted octanol–water partition coefficient (Wildman–Crippen LogP) is 4.09. The van der Waals surface area contributed by atoms with Crippen LogP contribution in [0.1, 0.15) is 11.1 Å². The van der Waals surface area contributed by atoms with Crippen LogP contribution in [0.25, 0.3) is 0 Å². The molecule has 0 spiro atoms. The van der Waals surface area contributed by atoms with E-state index in [0.29, 0.717) is 27.8 Å². The van der Waals surface area contributed by atoms with E-state index in [1.807, 2.05) is 6.07 Å². The second kappa shape index (κ2) is 9.66. The number of halogens is 2. The first-order valence-corrected chi connectivity index (χ1v) is 7.50. The Labute approximate surface area is 149 Å². The van der Waals surface area contributed by atoms with E-state index in [2.05, 4.69) is 0 Å².